The summed E-state index contributed by atoms with van der Waals surface area (Å²) in [5.74, 6) is 0. The minimum absolute atomic E-state index is 0.121. The summed E-state index contributed by atoms with van der Waals surface area (Å²) < 4.78 is 6.01. The highest BCUT2D eigenvalue weighted by atomic mass is 35.5. The fourth-order valence-corrected chi connectivity index (χ4v) is 4.01. The van der Waals surface area contributed by atoms with Gasteiger partial charge >= 0.3 is 0 Å². The van der Waals surface area contributed by atoms with Crippen LogP contribution in [0.3, 0.4) is 0 Å². The third kappa shape index (κ3) is 3.46. The van der Waals surface area contributed by atoms with Crippen molar-refractivity contribution in [3.8, 4) is 0 Å². The molecule has 1 aliphatic heterocycles. The molecule has 0 aliphatic carbocycles. The van der Waals surface area contributed by atoms with E-state index in [4.69, 9.17) is 16.3 Å². The molecule has 4 rings (SSSR count). The maximum absolute atomic E-state index is 11.2. The molecular formula is C23H23ClN2O2. The Hall–Kier alpha value is -2.56. The van der Waals surface area contributed by atoms with E-state index < -0.39 is 0 Å². The van der Waals surface area contributed by atoms with Gasteiger partial charge in [-0.05, 0) is 54.1 Å². The number of nitrogens with one attached hydrogen (secondary N) is 1. The van der Waals surface area contributed by atoms with Crippen molar-refractivity contribution in [2.45, 2.75) is 20.0 Å². The zero-order valence-corrected chi connectivity index (χ0v) is 16.8. The maximum atomic E-state index is 11.2. The van der Waals surface area contributed by atoms with Crippen LogP contribution < -0.4 is 5.32 Å². The lowest BCUT2D eigenvalue weighted by Crippen LogP contribution is -2.37. The molecule has 1 fully saturated rings. The van der Waals surface area contributed by atoms with Gasteiger partial charge in [-0.2, -0.15) is 0 Å². The quantitative estimate of drug-likeness (QED) is 0.604. The minimum Gasteiger partial charge on any atom is -0.370 e. The monoisotopic (exact) mass is 394 g/mol. The lowest BCUT2D eigenvalue weighted by molar-refractivity contribution is -0.125. The molecular weight excluding hydrogens is 372 g/mol. The van der Waals surface area contributed by atoms with Crippen LogP contribution in [0.15, 0.2) is 48.5 Å². The molecule has 0 bridgehead atoms. The number of anilines is 2. The van der Waals surface area contributed by atoms with Gasteiger partial charge in [0.1, 0.15) is 6.10 Å². The molecule has 1 heterocycles. The number of nitrogens with zero attached hydrogens (tertiary/aromatic N) is 1. The van der Waals surface area contributed by atoms with Crippen LogP contribution in [0.4, 0.5) is 11.4 Å². The minimum atomic E-state index is -0.121. The highest BCUT2D eigenvalue weighted by Gasteiger charge is 2.24. The Morgan fingerprint density at radius 2 is 1.93 bits per heavy atom. The summed E-state index contributed by atoms with van der Waals surface area (Å²) in [5, 5.41) is 6.58. The number of aryl methyl sites for hydroxylation is 1. The summed E-state index contributed by atoms with van der Waals surface area (Å²) in [5.41, 5.74) is 5.34. The molecule has 1 unspecified atom stereocenters. The van der Waals surface area contributed by atoms with E-state index in [0.717, 1.165) is 39.3 Å². The Labute approximate surface area is 170 Å². The summed E-state index contributed by atoms with van der Waals surface area (Å²) in [6, 6.07) is 16.4. The van der Waals surface area contributed by atoms with E-state index in [0.29, 0.717) is 19.7 Å². The molecule has 28 heavy (non-hydrogen) atoms. The fraction of sp³-hybridized carbons (Fsp3) is 0.261. The molecule has 4 nitrogen and oxygen atoms in total. The first-order valence-electron chi connectivity index (χ1n) is 9.44. The third-order valence-electron chi connectivity index (χ3n) is 5.41. The van der Waals surface area contributed by atoms with E-state index in [1.807, 2.05) is 25.1 Å². The number of ether oxygens (including phenoxy) is 1. The summed E-state index contributed by atoms with van der Waals surface area (Å²) in [4.78, 5) is 13.0. The zero-order chi connectivity index (χ0) is 19.7. The van der Waals surface area contributed by atoms with Crippen molar-refractivity contribution in [2.75, 3.05) is 25.0 Å². The summed E-state index contributed by atoms with van der Waals surface area (Å²) in [6.45, 7) is 5.90. The number of carbonyl (C=O) groups excluding carboxylic acids is 1. The number of amides is 1. The standard InChI is InChI=1S/C23H23ClN2O2/c1-15-5-3-6-17-21(25-20-8-4-7-19(24)16(20)2)10-9-18(23(15)17)22-13-26(14-27)11-12-28-22/h3-10,14,22,25H,11-13H2,1-2H3. The van der Waals surface area contributed by atoms with Crippen LogP contribution >= 0.6 is 11.6 Å². The highest BCUT2D eigenvalue weighted by Crippen LogP contribution is 2.37. The van der Waals surface area contributed by atoms with E-state index in [1.165, 1.54) is 10.9 Å². The highest BCUT2D eigenvalue weighted by molar-refractivity contribution is 6.31. The SMILES string of the molecule is Cc1c(Cl)cccc1Nc1ccc(C2CN(C=O)CCO2)c2c(C)cccc12. The summed E-state index contributed by atoms with van der Waals surface area (Å²) in [6.07, 6.45) is 0.784. The average Bonchev–Trinajstić information content (AvgIpc) is 2.72. The molecule has 1 saturated heterocycles. The van der Waals surface area contributed by atoms with Gasteiger partial charge in [0.15, 0.2) is 0 Å². The van der Waals surface area contributed by atoms with Crippen LogP contribution in [0.1, 0.15) is 22.8 Å². The van der Waals surface area contributed by atoms with Gasteiger partial charge in [0.25, 0.3) is 0 Å². The van der Waals surface area contributed by atoms with Crippen molar-refractivity contribution < 1.29 is 9.53 Å². The number of hydrogen-bond donors (Lipinski definition) is 1. The first-order chi connectivity index (χ1) is 13.6. The first kappa shape index (κ1) is 18.8. The van der Waals surface area contributed by atoms with E-state index >= 15 is 0 Å². The topological polar surface area (TPSA) is 41.6 Å². The predicted molar refractivity (Wildman–Crippen MR) is 114 cm³/mol. The smallest absolute Gasteiger partial charge is 0.209 e. The van der Waals surface area contributed by atoms with Crippen LogP contribution in [0.2, 0.25) is 5.02 Å². The largest absolute Gasteiger partial charge is 0.370 e. The fourth-order valence-electron chi connectivity index (χ4n) is 3.84. The molecule has 0 radical (unpaired) electrons. The van der Waals surface area contributed by atoms with E-state index in [2.05, 4.69) is 42.6 Å². The molecule has 3 aromatic carbocycles. The summed E-state index contributed by atoms with van der Waals surface area (Å²) >= 11 is 6.29. The van der Waals surface area contributed by atoms with Gasteiger partial charge in [0.2, 0.25) is 6.41 Å². The number of carbonyl (C=O) groups is 1. The van der Waals surface area contributed by atoms with Crippen molar-refractivity contribution in [3.63, 3.8) is 0 Å². The second-order valence-electron chi connectivity index (χ2n) is 7.20. The molecule has 0 aromatic heterocycles. The van der Waals surface area contributed by atoms with Crippen LogP contribution in [0, 0.1) is 13.8 Å². The second kappa shape index (κ2) is 7.82. The third-order valence-corrected chi connectivity index (χ3v) is 5.82. The van der Waals surface area contributed by atoms with Gasteiger partial charge in [-0.1, -0.05) is 41.9 Å². The van der Waals surface area contributed by atoms with Crippen molar-refractivity contribution in [2.24, 2.45) is 0 Å². The Balaban J connectivity index is 1.79. The molecule has 0 saturated carbocycles. The number of halogens is 1. The normalized spacial score (nSPS) is 17.0. The number of hydrogen-bond acceptors (Lipinski definition) is 3. The second-order valence-corrected chi connectivity index (χ2v) is 7.60. The van der Waals surface area contributed by atoms with Gasteiger partial charge in [0, 0.05) is 28.3 Å². The summed E-state index contributed by atoms with van der Waals surface area (Å²) in [7, 11) is 0. The molecule has 1 atom stereocenters. The average molecular weight is 395 g/mol. The van der Waals surface area contributed by atoms with E-state index in [-0.39, 0.29) is 6.10 Å². The van der Waals surface area contributed by atoms with Gasteiger partial charge in [-0.3, -0.25) is 4.79 Å². The van der Waals surface area contributed by atoms with Crippen molar-refractivity contribution in [3.05, 3.63) is 70.2 Å². The number of morpholine rings is 1. The van der Waals surface area contributed by atoms with E-state index in [1.54, 1.807) is 4.90 Å². The van der Waals surface area contributed by atoms with Crippen molar-refractivity contribution in [1.29, 1.82) is 0 Å². The van der Waals surface area contributed by atoms with Gasteiger partial charge in [-0.15, -0.1) is 0 Å². The van der Waals surface area contributed by atoms with Gasteiger partial charge < -0.3 is 15.0 Å². The Morgan fingerprint density at radius 3 is 2.75 bits per heavy atom. The Bertz CT molecular complexity index is 1030. The lowest BCUT2D eigenvalue weighted by Gasteiger charge is -2.31. The maximum Gasteiger partial charge on any atom is 0.209 e. The lowest BCUT2D eigenvalue weighted by atomic mass is 9.94. The van der Waals surface area contributed by atoms with Crippen LogP contribution in [0.25, 0.3) is 10.8 Å². The zero-order valence-electron chi connectivity index (χ0n) is 16.0. The predicted octanol–water partition coefficient (Wildman–Crippen LogP) is 5.38. The first-order valence-corrected chi connectivity index (χ1v) is 9.81. The molecule has 0 spiro atoms. The number of fused-ring (bicyclic) bond motifs is 1. The van der Waals surface area contributed by atoms with Crippen LogP contribution in [-0.2, 0) is 9.53 Å². The van der Waals surface area contributed by atoms with Crippen molar-refractivity contribution >= 4 is 40.2 Å². The van der Waals surface area contributed by atoms with Crippen LogP contribution in [0.5, 0.6) is 0 Å². The Morgan fingerprint density at radius 1 is 1.11 bits per heavy atom. The van der Waals surface area contributed by atoms with Gasteiger partial charge in [-0.25, -0.2) is 0 Å². The Kier molecular flexibility index (Phi) is 5.25. The van der Waals surface area contributed by atoms with E-state index in [9.17, 15) is 4.79 Å². The molecule has 5 heteroatoms. The number of benzene rings is 3. The molecule has 1 aliphatic rings. The molecule has 1 amide bonds. The van der Waals surface area contributed by atoms with Gasteiger partial charge in [0.05, 0.1) is 13.2 Å². The molecule has 3 aromatic rings. The molecule has 1 N–H and O–H groups in total. The van der Waals surface area contributed by atoms with Crippen LogP contribution in [-0.4, -0.2) is 31.0 Å². The van der Waals surface area contributed by atoms with Crippen molar-refractivity contribution in [1.82, 2.24) is 4.90 Å². The molecule has 144 valence electrons. The number of rotatable bonds is 4.